The summed E-state index contributed by atoms with van der Waals surface area (Å²) < 4.78 is 14.8. The van der Waals surface area contributed by atoms with E-state index in [2.05, 4.69) is 15.6 Å². The minimum absolute atomic E-state index is 0.0258. The Morgan fingerprint density at radius 1 is 1.33 bits per heavy atom. The summed E-state index contributed by atoms with van der Waals surface area (Å²) in [5.41, 5.74) is 0.757. The standard InChI is InChI=1S/C21H23FN4O4/c22-14-4-2-12(3-5-14)10-13-11-25-17-18-16(13)23-6-1-8-26(18)21(30)15(19(17)28)20(29)24-7-9-27/h2-5,11,13,16,23,27-28H,1,6-10H2,(H,24,29). The minimum Gasteiger partial charge on any atom is -0.505 e. The van der Waals surface area contributed by atoms with Crippen LogP contribution in [0.5, 0.6) is 5.75 Å². The molecule has 2 aliphatic rings. The molecule has 30 heavy (non-hydrogen) atoms. The molecule has 2 aromatic rings. The molecular formula is C21H23FN4O4. The van der Waals surface area contributed by atoms with Crippen molar-refractivity contribution in [3.8, 4) is 5.75 Å². The highest BCUT2D eigenvalue weighted by Crippen LogP contribution is 2.42. The zero-order chi connectivity index (χ0) is 21.3. The SMILES string of the molecule is O=C(NCCO)c1c(O)c2c3n(c1=O)CCCNC3C(Cc1ccc(F)cc1)C=N2. The van der Waals surface area contributed by atoms with Crippen LogP contribution in [0.4, 0.5) is 10.1 Å². The van der Waals surface area contributed by atoms with E-state index in [0.29, 0.717) is 31.6 Å². The zero-order valence-electron chi connectivity index (χ0n) is 16.3. The molecule has 0 saturated heterocycles. The molecule has 0 saturated carbocycles. The fourth-order valence-electron chi connectivity index (χ4n) is 4.11. The molecule has 2 atom stereocenters. The molecule has 1 aromatic carbocycles. The van der Waals surface area contributed by atoms with Crippen LogP contribution >= 0.6 is 0 Å². The summed E-state index contributed by atoms with van der Waals surface area (Å²) in [6.07, 6.45) is 2.96. The van der Waals surface area contributed by atoms with Crippen molar-refractivity contribution in [3.05, 3.63) is 57.3 Å². The molecule has 0 bridgehead atoms. The zero-order valence-corrected chi connectivity index (χ0v) is 16.3. The number of halogens is 1. The van der Waals surface area contributed by atoms with Gasteiger partial charge in [0.25, 0.3) is 11.5 Å². The van der Waals surface area contributed by atoms with Crippen molar-refractivity contribution in [3.63, 3.8) is 0 Å². The highest BCUT2D eigenvalue weighted by Gasteiger charge is 2.36. The lowest BCUT2D eigenvalue weighted by Gasteiger charge is -2.31. The lowest BCUT2D eigenvalue weighted by Crippen LogP contribution is -2.39. The van der Waals surface area contributed by atoms with Crippen molar-refractivity contribution in [2.75, 3.05) is 19.7 Å². The molecule has 4 N–H and O–H groups in total. The first-order chi connectivity index (χ1) is 14.5. The van der Waals surface area contributed by atoms with E-state index in [1.807, 2.05) is 0 Å². The fraction of sp³-hybridized carbons (Fsp3) is 0.381. The molecule has 158 valence electrons. The van der Waals surface area contributed by atoms with Gasteiger partial charge in [0.1, 0.15) is 17.1 Å². The van der Waals surface area contributed by atoms with E-state index in [4.69, 9.17) is 5.11 Å². The number of carbonyl (C=O) groups is 1. The third kappa shape index (κ3) is 3.61. The number of pyridine rings is 1. The maximum atomic E-state index is 13.2. The van der Waals surface area contributed by atoms with Crippen LogP contribution in [0.2, 0.25) is 0 Å². The van der Waals surface area contributed by atoms with Crippen LogP contribution in [-0.2, 0) is 13.0 Å². The molecular weight excluding hydrogens is 391 g/mol. The van der Waals surface area contributed by atoms with Gasteiger partial charge >= 0.3 is 0 Å². The van der Waals surface area contributed by atoms with Crippen molar-refractivity contribution >= 4 is 17.8 Å². The Balaban J connectivity index is 1.77. The maximum Gasteiger partial charge on any atom is 0.267 e. The van der Waals surface area contributed by atoms with Gasteiger partial charge in [0.2, 0.25) is 0 Å². The number of nitrogens with one attached hydrogen (secondary N) is 2. The molecule has 0 fully saturated rings. The Hall–Kier alpha value is -3.04. The number of carbonyl (C=O) groups excluding carboxylic acids is 1. The van der Waals surface area contributed by atoms with E-state index in [-0.39, 0.29) is 42.2 Å². The van der Waals surface area contributed by atoms with Gasteiger partial charge < -0.3 is 25.4 Å². The molecule has 3 heterocycles. The Labute approximate surface area is 172 Å². The highest BCUT2D eigenvalue weighted by molar-refractivity contribution is 5.98. The number of aromatic nitrogens is 1. The number of aromatic hydroxyl groups is 1. The fourth-order valence-corrected chi connectivity index (χ4v) is 4.11. The second-order valence-corrected chi connectivity index (χ2v) is 7.45. The lowest BCUT2D eigenvalue weighted by atomic mass is 9.87. The van der Waals surface area contributed by atoms with Gasteiger partial charge in [0, 0.05) is 25.2 Å². The summed E-state index contributed by atoms with van der Waals surface area (Å²) in [6, 6.07) is 5.97. The number of benzene rings is 1. The van der Waals surface area contributed by atoms with Crippen molar-refractivity contribution in [2.24, 2.45) is 10.9 Å². The van der Waals surface area contributed by atoms with E-state index in [1.54, 1.807) is 18.3 Å². The minimum atomic E-state index is -0.740. The summed E-state index contributed by atoms with van der Waals surface area (Å²) in [5, 5.41) is 25.5. The van der Waals surface area contributed by atoms with Gasteiger partial charge in [-0.25, -0.2) is 4.39 Å². The van der Waals surface area contributed by atoms with Gasteiger partial charge in [-0.15, -0.1) is 0 Å². The van der Waals surface area contributed by atoms with Gasteiger partial charge in [0.05, 0.1) is 18.3 Å². The number of aliphatic hydroxyl groups excluding tert-OH is 1. The van der Waals surface area contributed by atoms with Crippen molar-refractivity contribution < 1.29 is 19.4 Å². The normalized spacial score (nSPS) is 19.8. The van der Waals surface area contributed by atoms with Crippen LogP contribution in [0.1, 0.15) is 34.1 Å². The molecule has 8 nitrogen and oxygen atoms in total. The van der Waals surface area contributed by atoms with Crippen molar-refractivity contribution in [1.82, 2.24) is 15.2 Å². The molecule has 0 spiro atoms. The van der Waals surface area contributed by atoms with Gasteiger partial charge in [-0.3, -0.25) is 14.6 Å². The maximum absolute atomic E-state index is 13.2. The predicted octanol–water partition coefficient (Wildman–Crippen LogP) is 1.02. The Morgan fingerprint density at radius 3 is 2.83 bits per heavy atom. The smallest absolute Gasteiger partial charge is 0.267 e. The number of aliphatic imine (C=N–C) groups is 1. The summed E-state index contributed by atoms with van der Waals surface area (Å²) in [5.74, 6) is -1.61. The molecule has 0 radical (unpaired) electrons. The first-order valence-electron chi connectivity index (χ1n) is 9.92. The summed E-state index contributed by atoms with van der Waals surface area (Å²) in [6.45, 7) is 0.749. The van der Waals surface area contributed by atoms with Crippen LogP contribution in [0, 0.1) is 11.7 Å². The molecule has 1 aromatic heterocycles. The monoisotopic (exact) mass is 414 g/mol. The molecule has 2 aliphatic heterocycles. The predicted molar refractivity (Wildman–Crippen MR) is 109 cm³/mol. The van der Waals surface area contributed by atoms with E-state index >= 15 is 0 Å². The number of aliphatic hydroxyl groups is 1. The molecule has 1 amide bonds. The number of rotatable bonds is 5. The van der Waals surface area contributed by atoms with Crippen molar-refractivity contribution in [1.29, 1.82) is 0 Å². The second kappa shape index (κ2) is 8.37. The average Bonchev–Trinajstić information content (AvgIpc) is 2.97. The average molecular weight is 414 g/mol. The van der Waals surface area contributed by atoms with E-state index in [1.165, 1.54) is 16.7 Å². The molecule has 0 aliphatic carbocycles. The lowest BCUT2D eigenvalue weighted by molar-refractivity contribution is 0.0939. The highest BCUT2D eigenvalue weighted by atomic mass is 19.1. The van der Waals surface area contributed by atoms with Crippen LogP contribution in [-0.4, -0.2) is 46.6 Å². The van der Waals surface area contributed by atoms with Crippen LogP contribution in [0.15, 0.2) is 34.1 Å². The largest absolute Gasteiger partial charge is 0.505 e. The van der Waals surface area contributed by atoms with E-state index < -0.39 is 17.2 Å². The van der Waals surface area contributed by atoms with Gasteiger partial charge in [-0.2, -0.15) is 0 Å². The van der Waals surface area contributed by atoms with Gasteiger partial charge in [-0.05, 0) is 37.1 Å². The first kappa shape index (κ1) is 20.2. The van der Waals surface area contributed by atoms with Gasteiger partial charge in [0.15, 0.2) is 5.75 Å². The summed E-state index contributed by atoms with van der Waals surface area (Å²) in [7, 11) is 0. The number of nitrogens with zero attached hydrogens (tertiary/aromatic N) is 2. The molecule has 2 unspecified atom stereocenters. The van der Waals surface area contributed by atoms with Gasteiger partial charge in [-0.1, -0.05) is 12.1 Å². The summed E-state index contributed by atoms with van der Waals surface area (Å²) >= 11 is 0. The van der Waals surface area contributed by atoms with Crippen molar-refractivity contribution in [2.45, 2.75) is 25.4 Å². The first-order valence-corrected chi connectivity index (χ1v) is 9.92. The Morgan fingerprint density at radius 2 is 2.10 bits per heavy atom. The van der Waals surface area contributed by atoms with E-state index in [9.17, 15) is 19.1 Å². The third-order valence-corrected chi connectivity index (χ3v) is 5.50. The van der Waals surface area contributed by atoms with Crippen LogP contribution < -0.4 is 16.2 Å². The van der Waals surface area contributed by atoms with Crippen LogP contribution in [0.25, 0.3) is 0 Å². The van der Waals surface area contributed by atoms with E-state index in [0.717, 1.165) is 5.56 Å². The molecule has 9 heteroatoms. The second-order valence-electron chi connectivity index (χ2n) is 7.45. The van der Waals surface area contributed by atoms with Crippen LogP contribution in [0.3, 0.4) is 0 Å². The number of hydrogen-bond donors (Lipinski definition) is 4. The quantitative estimate of drug-likeness (QED) is 0.583. The number of amides is 1. The summed E-state index contributed by atoms with van der Waals surface area (Å²) in [4.78, 5) is 29.9. The molecule has 4 rings (SSSR count). The Bertz CT molecular complexity index is 1050. The Kier molecular flexibility index (Phi) is 5.65. The number of hydrogen-bond acceptors (Lipinski definition) is 6. The third-order valence-electron chi connectivity index (χ3n) is 5.50. The topological polar surface area (TPSA) is 116 Å².